The lowest BCUT2D eigenvalue weighted by Crippen LogP contribution is -2.25. The fourth-order valence-corrected chi connectivity index (χ4v) is 3.43. The van der Waals surface area contributed by atoms with Crippen LogP contribution in [0.1, 0.15) is 52.4 Å². The number of carbonyl (C=O) groups is 3. The first-order valence-electron chi connectivity index (χ1n) is 7.06. The van der Waals surface area contributed by atoms with Gasteiger partial charge in [-0.2, -0.15) is 0 Å². The van der Waals surface area contributed by atoms with Gasteiger partial charge in [0.25, 0.3) is 0 Å². The highest BCUT2D eigenvalue weighted by Crippen LogP contribution is 2.36. The van der Waals surface area contributed by atoms with Crippen LogP contribution >= 0.6 is 0 Å². The summed E-state index contributed by atoms with van der Waals surface area (Å²) in [5.74, 6) is 0.846. The van der Waals surface area contributed by atoms with E-state index in [9.17, 15) is 14.4 Å². The molecule has 0 aromatic carbocycles. The zero-order valence-electron chi connectivity index (χ0n) is 11.3. The van der Waals surface area contributed by atoms with Crippen LogP contribution in [0, 0.1) is 23.7 Å². The third-order valence-corrected chi connectivity index (χ3v) is 4.72. The van der Waals surface area contributed by atoms with Crippen molar-refractivity contribution < 1.29 is 14.4 Å². The molecule has 0 bridgehead atoms. The van der Waals surface area contributed by atoms with Gasteiger partial charge in [-0.25, -0.2) is 0 Å². The Labute approximate surface area is 108 Å². The fraction of sp³-hybridized carbons (Fsp3) is 0.800. The van der Waals surface area contributed by atoms with Crippen LogP contribution in [0.25, 0.3) is 0 Å². The van der Waals surface area contributed by atoms with Crippen LogP contribution in [-0.2, 0) is 14.4 Å². The number of carbonyl (C=O) groups excluding carboxylic acids is 3. The summed E-state index contributed by atoms with van der Waals surface area (Å²) in [6.45, 7) is 3.52. The van der Waals surface area contributed by atoms with Crippen molar-refractivity contribution >= 4 is 17.3 Å². The first kappa shape index (κ1) is 13.4. The Kier molecular flexibility index (Phi) is 3.98. The SMILES string of the molecule is CC(=O)C1CCC(CC2C(=O)CC(C)C2=O)CC1. The van der Waals surface area contributed by atoms with E-state index in [1.807, 2.05) is 6.92 Å². The Morgan fingerprint density at radius 2 is 1.78 bits per heavy atom. The molecule has 2 rings (SSSR count). The molecule has 3 heteroatoms. The first-order valence-corrected chi connectivity index (χ1v) is 7.06. The number of hydrogen-bond acceptors (Lipinski definition) is 3. The van der Waals surface area contributed by atoms with E-state index < -0.39 is 0 Å². The smallest absolute Gasteiger partial charge is 0.146 e. The highest BCUT2D eigenvalue weighted by molar-refractivity contribution is 6.09. The van der Waals surface area contributed by atoms with Gasteiger partial charge >= 0.3 is 0 Å². The third kappa shape index (κ3) is 2.70. The molecule has 0 aromatic rings. The van der Waals surface area contributed by atoms with Gasteiger partial charge in [0, 0.05) is 18.3 Å². The molecule has 0 amide bonds. The second kappa shape index (κ2) is 5.33. The zero-order chi connectivity index (χ0) is 13.3. The zero-order valence-corrected chi connectivity index (χ0v) is 11.3. The molecule has 100 valence electrons. The van der Waals surface area contributed by atoms with Gasteiger partial charge in [0.1, 0.15) is 17.3 Å². The predicted octanol–water partition coefficient (Wildman–Crippen LogP) is 2.57. The van der Waals surface area contributed by atoms with E-state index in [1.54, 1.807) is 6.92 Å². The van der Waals surface area contributed by atoms with E-state index in [-0.39, 0.29) is 35.1 Å². The van der Waals surface area contributed by atoms with Gasteiger partial charge in [-0.05, 0) is 44.9 Å². The molecule has 0 spiro atoms. The summed E-state index contributed by atoms with van der Waals surface area (Å²) in [6.07, 6.45) is 5.03. The molecule has 2 aliphatic carbocycles. The van der Waals surface area contributed by atoms with Crippen LogP contribution in [0.2, 0.25) is 0 Å². The average molecular weight is 250 g/mol. The maximum absolute atomic E-state index is 11.9. The molecule has 2 aliphatic rings. The second-order valence-electron chi connectivity index (χ2n) is 6.09. The molecule has 2 unspecified atom stereocenters. The van der Waals surface area contributed by atoms with Gasteiger partial charge in [0.15, 0.2) is 0 Å². The van der Waals surface area contributed by atoms with Gasteiger partial charge in [-0.15, -0.1) is 0 Å². The standard InChI is InChI=1S/C15H22O3/c1-9-7-14(17)13(15(9)18)8-11-3-5-12(6-4-11)10(2)16/h9,11-13H,3-8H2,1-2H3. The quantitative estimate of drug-likeness (QED) is 0.723. The minimum Gasteiger partial charge on any atom is -0.300 e. The second-order valence-corrected chi connectivity index (χ2v) is 6.09. The van der Waals surface area contributed by atoms with Gasteiger partial charge in [-0.3, -0.25) is 14.4 Å². The lowest BCUT2D eigenvalue weighted by atomic mass is 9.76. The van der Waals surface area contributed by atoms with Crippen LogP contribution in [0.3, 0.4) is 0 Å². The maximum Gasteiger partial charge on any atom is 0.146 e. The summed E-state index contributed by atoms with van der Waals surface area (Å²) in [6, 6.07) is 0. The van der Waals surface area contributed by atoms with Crippen molar-refractivity contribution in [1.82, 2.24) is 0 Å². The number of hydrogen-bond donors (Lipinski definition) is 0. The summed E-state index contributed by atoms with van der Waals surface area (Å²) >= 11 is 0. The molecule has 0 aromatic heterocycles. The van der Waals surface area contributed by atoms with Crippen molar-refractivity contribution in [2.24, 2.45) is 23.7 Å². The number of Topliss-reactive ketones (excluding diaryl/α,β-unsaturated/α-hetero) is 3. The largest absolute Gasteiger partial charge is 0.300 e. The summed E-state index contributed by atoms with van der Waals surface area (Å²) in [4.78, 5) is 34.9. The predicted molar refractivity (Wildman–Crippen MR) is 68.0 cm³/mol. The molecule has 0 saturated heterocycles. The van der Waals surface area contributed by atoms with Gasteiger partial charge < -0.3 is 0 Å². The first-order chi connectivity index (χ1) is 8.49. The van der Waals surface area contributed by atoms with E-state index in [2.05, 4.69) is 0 Å². The topological polar surface area (TPSA) is 51.2 Å². The number of rotatable bonds is 3. The summed E-state index contributed by atoms with van der Waals surface area (Å²) in [5.41, 5.74) is 0. The molecule has 2 saturated carbocycles. The van der Waals surface area contributed by atoms with Crippen molar-refractivity contribution in [3.05, 3.63) is 0 Å². The van der Waals surface area contributed by atoms with E-state index in [1.165, 1.54) is 0 Å². The molecule has 0 N–H and O–H groups in total. The molecular formula is C15H22O3. The molecule has 0 aliphatic heterocycles. The molecule has 3 nitrogen and oxygen atoms in total. The minimum absolute atomic E-state index is 0.0731. The van der Waals surface area contributed by atoms with Gasteiger partial charge in [0.05, 0.1) is 5.92 Å². The Balaban J connectivity index is 1.87. The molecule has 18 heavy (non-hydrogen) atoms. The van der Waals surface area contributed by atoms with Crippen molar-refractivity contribution in [2.75, 3.05) is 0 Å². The normalized spacial score (nSPS) is 37.0. The van der Waals surface area contributed by atoms with Crippen molar-refractivity contribution in [1.29, 1.82) is 0 Å². The Morgan fingerprint density at radius 1 is 1.17 bits per heavy atom. The summed E-state index contributed by atoms with van der Waals surface area (Å²) in [5, 5.41) is 0. The van der Waals surface area contributed by atoms with Crippen LogP contribution in [0.4, 0.5) is 0 Å². The van der Waals surface area contributed by atoms with Crippen LogP contribution in [-0.4, -0.2) is 17.3 Å². The molecular weight excluding hydrogens is 228 g/mol. The molecule has 2 atom stereocenters. The van der Waals surface area contributed by atoms with E-state index in [0.29, 0.717) is 12.3 Å². The van der Waals surface area contributed by atoms with E-state index in [4.69, 9.17) is 0 Å². The Hall–Kier alpha value is -0.990. The highest BCUT2D eigenvalue weighted by Gasteiger charge is 2.40. The lowest BCUT2D eigenvalue weighted by molar-refractivity contribution is -0.129. The van der Waals surface area contributed by atoms with E-state index >= 15 is 0 Å². The average Bonchev–Trinajstić information content (AvgIpc) is 2.57. The van der Waals surface area contributed by atoms with Crippen LogP contribution in [0.15, 0.2) is 0 Å². The maximum atomic E-state index is 11.9. The minimum atomic E-state index is -0.334. The molecule has 0 radical (unpaired) electrons. The van der Waals surface area contributed by atoms with E-state index in [0.717, 1.165) is 32.1 Å². The summed E-state index contributed by atoms with van der Waals surface area (Å²) in [7, 11) is 0. The highest BCUT2D eigenvalue weighted by atomic mass is 16.2. The van der Waals surface area contributed by atoms with Crippen LogP contribution < -0.4 is 0 Å². The molecule has 0 heterocycles. The van der Waals surface area contributed by atoms with Crippen molar-refractivity contribution in [3.63, 3.8) is 0 Å². The van der Waals surface area contributed by atoms with Gasteiger partial charge in [0.2, 0.25) is 0 Å². The lowest BCUT2D eigenvalue weighted by Gasteiger charge is -2.28. The van der Waals surface area contributed by atoms with Crippen molar-refractivity contribution in [3.8, 4) is 0 Å². The Bertz CT molecular complexity index is 364. The van der Waals surface area contributed by atoms with Crippen LogP contribution in [0.5, 0.6) is 0 Å². The third-order valence-electron chi connectivity index (χ3n) is 4.72. The number of ketones is 3. The van der Waals surface area contributed by atoms with Gasteiger partial charge in [-0.1, -0.05) is 6.92 Å². The Morgan fingerprint density at radius 3 is 2.22 bits per heavy atom. The molecule has 2 fully saturated rings. The summed E-state index contributed by atoms with van der Waals surface area (Å²) < 4.78 is 0. The van der Waals surface area contributed by atoms with Crippen molar-refractivity contribution in [2.45, 2.75) is 52.4 Å². The fourth-order valence-electron chi connectivity index (χ4n) is 3.43. The monoisotopic (exact) mass is 250 g/mol.